The summed E-state index contributed by atoms with van der Waals surface area (Å²) < 4.78 is 5.09. The Labute approximate surface area is 64.2 Å². The van der Waals surface area contributed by atoms with E-state index in [2.05, 4.69) is 0 Å². The van der Waals surface area contributed by atoms with Crippen LogP contribution in [0.2, 0.25) is 0 Å². The second-order valence-electron chi connectivity index (χ2n) is 1.67. The third-order valence-electron chi connectivity index (χ3n) is 1.06. The zero-order chi connectivity index (χ0) is 8.41. The highest BCUT2D eigenvalue weighted by atomic mass is 16.5. The molecule has 0 amide bonds. The Kier molecular flexibility index (Phi) is 14.7. The standard InChI is InChI=1S/C6H14O2.C2H6/c1-3-6(5-7)8-4-2;1-2/h6-7H,3-5H2,1-2H3;1-2H3. The van der Waals surface area contributed by atoms with Gasteiger partial charge in [0, 0.05) is 6.61 Å². The lowest BCUT2D eigenvalue weighted by Gasteiger charge is -2.09. The van der Waals surface area contributed by atoms with Gasteiger partial charge in [0.05, 0.1) is 12.7 Å². The average molecular weight is 148 g/mol. The molecule has 0 saturated heterocycles. The molecule has 1 N–H and O–H groups in total. The van der Waals surface area contributed by atoms with Crippen molar-refractivity contribution in [3.8, 4) is 0 Å². The van der Waals surface area contributed by atoms with Crippen LogP contribution in [-0.2, 0) is 4.74 Å². The molecule has 10 heavy (non-hydrogen) atoms. The van der Waals surface area contributed by atoms with Crippen LogP contribution >= 0.6 is 0 Å². The van der Waals surface area contributed by atoms with Crippen molar-refractivity contribution in [2.75, 3.05) is 13.2 Å². The van der Waals surface area contributed by atoms with Gasteiger partial charge in [0.15, 0.2) is 0 Å². The summed E-state index contributed by atoms with van der Waals surface area (Å²) in [6, 6.07) is 0. The zero-order valence-electron chi connectivity index (χ0n) is 7.55. The predicted octanol–water partition coefficient (Wildman–Crippen LogP) is 1.82. The Morgan fingerprint density at radius 1 is 1.30 bits per heavy atom. The summed E-state index contributed by atoms with van der Waals surface area (Å²) >= 11 is 0. The average Bonchev–Trinajstić information content (AvgIpc) is 2.04. The molecule has 0 fully saturated rings. The van der Waals surface area contributed by atoms with E-state index in [-0.39, 0.29) is 12.7 Å². The highest BCUT2D eigenvalue weighted by molar-refractivity contribution is 4.49. The minimum atomic E-state index is 0.0556. The van der Waals surface area contributed by atoms with E-state index in [4.69, 9.17) is 9.84 Å². The van der Waals surface area contributed by atoms with Gasteiger partial charge in [-0.05, 0) is 13.3 Å². The van der Waals surface area contributed by atoms with Gasteiger partial charge >= 0.3 is 0 Å². The van der Waals surface area contributed by atoms with Crippen molar-refractivity contribution in [1.29, 1.82) is 0 Å². The summed E-state index contributed by atoms with van der Waals surface area (Å²) in [7, 11) is 0. The van der Waals surface area contributed by atoms with E-state index in [9.17, 15) is 0 Å². The zero-order valence-corrected chi connectivity index (χ0v) is 7.55. The van der Waals surface area contributed by atoms with Crippen molar-refractivity contribution >= 4 is 0 Å². The maximum atomic E-state index is 8.53. The van der Waals surface area contributed by atoms with Crippen molar-refractivity contribution in [3.63, 3.8) is 0 Å². The molecule has 0 aromatic carbocycles. The minimum absolute atomic E-state index is 0.0556. The predicted molar refractivity (Wildman–Crippen MR) is 44.1 cm³/mol. The Bertz CT molecular complexity index is 42.5. The summed E-state index contributed by atoms with van der Waals surface area (Å²) in [5.41, 5.74) is 0. The van der Waals surface area contributed by atoms with E-state index in [1.54, 1.807) is 0 Å². The number of aliphatic hydroxyl groups is 1. The van der Waals surface area contributed by atoms with Crippen LogP contribution in [-0.4, -0.2) is 24.4 Å². The van der Waals surface area contributed by atoms with E-state index in [1.807, 2.05) is 27.7 Å². The van der Waals surface area contributed by atoms with Gasteiger partial charge in [0.25, 0.3) is 0 Å². The fourth-order valence-corrected chi connectivity index (χ4v) is 0.535. The topological polar surface area (TPSA) is 29.5 Å². The van der Waals surface area contributed by atoms with E-state index in [1.165, 1.54) is 0 Å². The van der Waals surface area contributed by atoms with Crippen LogP contribution in [0, 0.1) is 0 Å². The fraction of sp³-hybridized carbons (Fsp3) is 1.00. The van der Waals surface area contributed by atoms with Crippen LogP contribution < -0.4 is 0 Å². The molecule has 0 bridgehead atoms. The van der Waals surface area contributed by atoms with Crippen LogP contribution in [0.1, 0.15) is 34.1 Å². The highest BCUT2D eigenvalue weighted by Crippen LogP contribution is 1.94. The summed E-state index contributed by atoms with van der Waals surface area (Å²) in [6.07, 6.45) is 0.949. The molecule has 64 valence electrons. The molecule has 2 nitrogen and oxygen atoms in total. The van der Waals surface area contributed by atoms with Crippen molar-refractivity contribution < 1.29 is 9.84 Å². The van der Waals surface area contributed by atoms with Crippen molar-refractivity contribution in [2.45, 2.75) is 40.2 Å². The van der Waals surface area contributed by atoms with Crippen LogP contribution in [0.5, 0.6) is 0 Å². The van der Waals surface area contributed by atoms with E-state index in [0.717, 1.165) is 6.42 Å². The molecule has 0 saturated carbocycles. The molecule has 0 rings (SSSR count). The van der Waals surface area contributed by atoms with Gasteiger partial charge in [-0.3, -0.25) is 0 Å². The lowest BCUT2D eigenvalue weighted by molar-refractivity contribution is 0.0181. The third-order valence-corrected chi connectivity index (χ3v) is 1.06. The summed E-state index contributed by atoms with van der Waals surface area (Å²) in [5, 5.41) is 8.53. The van der Waals surface area contributed by atoms with Crippen molar-refractivity contribution in [3.05, 3.63) is 0 Å². The van der Waals surface area contributed by atoms with Gasteiger partial charge in [-0.2, -0.15) is 0 Å². The third kappa shape index (κ3) is 7.92. The Morgan fingerprint density at radius 2 is 1.80 bits per heavy atom. The fourth-order valence-electron chi connectivity index (χ4n) is 0.535. The normalized spacial score (nSPS) is 11.7. The summed E-state index contributed by atoms with van der Waals surface area (Å²) in [6.45, 7) is 8.76. The molecule has 0 aliphatic heterocycles. The van der Waals surface area contributed by atoms with Crippen LogP contribution in [0.4, 0.5) is 0 Å². The number of aliphatic hydroxyl groups excluding tert-OH is 1. The molecule has 0 aromatic rings. The number of hydrogen-bond acceptors (Lipinski definition) is 2. The first-order chi connectivity index (χ1) is 4.85. The first kappa shape index (κ1) is 12.6. The number of ether oxygens (including phenoxy) is 1. The maximum Gasteiger partial charge on any atom is 0.0803 e. The molecule has 0 radical (unpaired) electrons. The van der Waals surface area contributed by atoms with Gasteiger partial charge in [0.1, 0.15) is 0 Å². The largest absolute Gasteiger partial charge is 0.394 e. The monoisotopic (exact) mass is 148 g/mol. The molecular weight excluding hydrogens is 128 g/mol. The summed E-state index contributed by atoms with van der Waals surface area (Å²) in [4.78, 5) is 0. The van der Waals surface area contributed by atoms with Crippen LogP contribution in [0.3, 0.4) is 0 Å². The molecule has 1 atom stereocenters. The maximum absolute atomic E-state index is 8.53. The molecule has 0 heterocycles. The molecule has 0 aliphatic rings. The van der Waals surface area contributed by atoms with Gasteiger partial charge in [-0.25, -0.2) is 0 Å². The van der Waals surface area contributed by atoms with Crippen LogP contribution in [0.25, 0.3) is 0 Å². The minimum Gasteiger partial charge on any atom is -0.394 e. The molecule has 2 heteroatoms. The second kappa shape index (κ2) is 11.7. The van der Waals surface area contributed by atoms with Crippen molar-refractivity contribution in [2.24, 2.45) is 0 Å². The lowest BCUT2D eigenvalue weighted by atomic mass is 10.3. The first-order valence-corrected chi connectivity index (χ1v) is 4.07. The summed E-state index contributed by atoms with van der Waals surface area (Å²) in [5.74, 6) is 0. The Hall–Kier alpha value is -0.0800. The number of rotatable bonds is 4. The van der Waals surface area contributed by atoms with E-state index in [0.29, 0.717) is 6.61 Å². The van der Waals surface area contributed by atoms with Gasteiger partial charge < -0.3 is 9.84 Å². The molecular formula is C8H20O2. The van der Waals surface area contributed by atoms with E-state index >= 15 is 0 Å². The van der Waals surface area contributed by atoms with Gasteiger partial charge in [-0.1, -0.05) is 20.8 Å². The van der Waals surface area contributed by atoms with Gasteiger partial charge in [0.2, 0.25) is 0 Å². The molecule has 0 aromatic heterocycles. The second-order valence-corrected chi connectivity index (χ2v) is 1.67. The highest BCUT2D eigenvalue weighted by Gasteiger charge is 2.00. The van der Waals surface area contributed by atoms with E-state index < -0.39 is 0 Å². The lowest BCUT2D eigenvalue weighted by Crippen LogP contribution is -2.15. The Morgan fingerprint density at radius 3 is 1.90 bits per heavy atom. The van der Waals surface area contributed by atoms with Crippen molar-refractivity contribution in [1.82, 2.24) is 0 Å². The molecule has 0 spiro atoms. The number of hydrogen-bond donors (Lipinski definition) is 1. The Balaban J connectivity index is 0. The van der Waals surface area contributed by atoms with Gasteiger partial charge in [-0.15, -0.1) is 0 Å². The molecule has 0 aliphatic carbocycles. The smallest absolute Gasteiger partial charge is 0.0803 e. The van der Waals surface area contributed by atoms with Crippen LogP contribution in [0.15, 0.2) is 0 Å². The SMILES string of the molecule is CC.CCOC(CC)CO. The molecule has 1 unspecified atom stereocenters. The first-order valence-electron chi connectivity index (χ1n) is 4.07. The quantitative estimate of drug-likeness (QED) is 0.659.